The van der Waals surface area contributed by atoms with Crippen LogP contribution in [0.4, 0.5) is 4.39 Å². The topological polar surface area (TPSA) is 35.2 Å². The van der Waals surface area contributed by atoms with Crippen LogP contribution in [-0.2, 0) is 0 Å². The largest absolute Gasteiger partial charge is 0.485 e. The summed E-state index contributed by atoms with van der Waals surface area (Å²) < 4.78 is 19.8. The van der Waals surface area contributed by atoms with Crippen LogP contribution in [0.1, 0.15) is 29.7 Å². The van der Waals surface area contributed by atoms with Crippen LogP contribution in [0.15, 0.2) is 36.4 Å². The molecule has 1 aliphatic rings. The van der Waals surface area contributed by atoms with E-state index in [0.29, 0.717) is 27.8 Å². The second-order valence-corrected chi connectivity index (χ2v) is 5.61. The molecule has 0 spiro atoms. The fraction of sp³-hybridized carbons (Fsp3) is 0.200. The molecule has 0 aliphatic carbocycles. The first kappa shape index (κ1) is 13.7. The number of halogens is 3. The highest BCUT2D eigenvalue weighted by Crippen LogP contribution is 2.42. The molecule has 2 aromatic rings. The van der Waals surface area contributed by atoms with Gasteiger partial charge in [-0.3, -0.25) is 0 Å². The van der Waals surface area contributed by atoms with E-state index in [4.69, 9.17) is 33.7 Å². The van der Waals surface area contributed by atoms with Crippen LogP contribution < -0.4 is 10.5 Å². The molecular weight excluding hydrogens is 300 g/mol. The summed E-state index contributed by atoms with van der Waals surface area (Å²) in [6.07, 6.45) is -0.0408. The van der Waals surface area contributed by atoms with Crippen molar-refractivity contribution in [1.82, 2.24) is 0 Å². The Hall–Kier alpha value is -1.29. The lowest BCUT2D eigenvalue weighted by Gasteiger charge is -2.31. The van der Waals surface area contributed by atoms with Crippen LogP contribution in [0.5, 0.6) is 5.75 Å². The van der Waals surface area contributed by atoms with Gasteiger partial charge in [0.2, 0.25) is 0 Å². The zero-order chi connectivity index (χ0) is 14.3. The number of benzene rings is 2. The van der Waals surface area contributed by atoms with Crippen molar-refractivity contribution in [2.45, 2.75) is 18.6 Å². The Kier molecular flexibility index (Phi) is 3.59. The number of nitrogens with two attached hydrogens (primary N) is 1. The minimum atomic E-state index is -0.493. The summed E-state index contributed by atoms with van der Waals surface area (Å²) in [5.74, 6) is 0.240. The summed E-state index contributed by atoms with van der Waals surface area (Å²) in [6.45, 7) is 0. The minimum absolute atomic E-state index is 0.266. The monoisotopic (exact) mass is 311 g/mol. The van der Waals surface area contributed by atoms with Crippen molar-refractivity contribution >= 4 is 23.2 Å². The molecule has 2 nitrogen and oxygen atoms in total. The van der Waals surface area contributed by atoms with E-state index in [2.05, 4.69) is 0 Å². The zero-order valence-corrected chi connectivity index (χ0v) is 12.0. The number of hydrogen-bond donors (Lipinski definition) is 1. The van der Waals surface area contributed by atoms with Crippen LogP contribution in [0.25, 0.3) is 0 Å². The molecule has 20 heavy (non-hydrogen) atoms. The molecule has 3 rings (SSSR count). The fourth-order valence-electron chi connectivity index (χ4n) is 2.47. The number of fused-ring (bicyclic) bond motifs is 1. The average Bonchev–Trinajstić information content (AvgIpc) is 2.39. The summed E-state index contributed by atoms with van der Waals surface area (Å²) in [7, 11) is 0. The number of ether oxygens (including phenoxy) is 1. The van der Waals surface area contributed by atoms with Crippen LogP contribution in [0.3, 0.4) is 0 Å². The highest BCUT2D eigenvalue weighted by molar-refractivity contribution is 6.31. The van der Waals surface area contributed by atoms with Gasteiger partial charge < -0.3 is 10.5 Å². The van der Waals surface area contributed by atoms with Crippen molar-refractivity contribution in [2.75, 3.05) is 0 Å². The third kappa shape index (κ3) is 2.37. The first-order valence-electron chi connectivity index (χ1n) is 6.22. The van der Waals surface area contributed by atoms with Gasteiger partial charge >= 0.3 is 0 Å². The van der Waals surface area contributed by atoms with Crippen LogP contribution in [0, 0.1) is 5.82 Å². The predicted molar refractivity (Wildman–Crippen MR) is 77.8 cm³/mol. The molecule has 0 radical (unpaired) electrons. The summed E-state index contributed by atoms with van der Waals surface area (Å²) in [5, 5.41) is 0.949. The van der Waals surface area contributed by atoms with Gasteiger partial charge in [-0.1, -0.05) is 29.3 Å². The standard InChI is InChI=1S/C15H12Cl2FNO/c16-8-4-5-13-9(6-8)12(19)7-14(20-13)15-10(17)2-1-3-11(15)18/h1-6,12,14H,7,19H2/t12-,14?/m0/s1. The highest BCUT2D eigenvalue weighted by atomic mass is 35.5. The molecule has 0 amide bonds. The molecule has 0 saturated heterocycles. The maximum Gasteiger partial charge on any atom is 0.131 e. The quantitative estimate of drug-likeness (QED) is 0.831. The molecule has 104 valence electrons. The molecule has 1 unspecified atom stereocenters. The van der Waals surface area contributed by atoms with E-state index in [1.807, 2.05) is 0 Å². The van der Waals surface area contributed by atoms with E-state index in [9.17, 15) is 4.39 Å². The number of rotatable bonds is 1. The Morgan fingerprint density at radius 2 is 2.00 bits per heavy atom. The molecule has 0 fully saturated rings. The Bertz CT molecular complexity index is 642. The summed E-state index contributed by atoms with van der Waals surface area (Å²) in [6, 6.07) is 9.56. The van der Waals surface area contributed by atoms with Gasteiger partial charge in [0.1, 0.15) is 17.7 Å². The lowest BCUT2D eigenvalue weighted by Crippen LogP contribution is -2.25. The first-order chi connectivity index (χ1) is 9.56. The molecule has 0 aromatic heterocycles. The summed E-state index contributed by atoms with van der Waals surface area (Å²) in [5.41, 5.74) is 7.33. The van der Waals surface area contributed by atoms with Crippen LogP contribution in [-0.4, -0.2) is 0 Å². The predicted octanol–water partition coefficient (Wildman–Crippen LogP) is 4.66. The van der Waals surface area contributed by atoms with E-state index in [-0.39, 0.29) is 11.9 Å². The molecule has 1 aliphatic heterocycles. The molecule has 1 heterocycles. The minimum Gasteiger partial charge on any atom is -0.485 e. The van der Waals surface area contributed by atoms with Gasteiger partial charge in [-0.2, -0.15) is 0 Å². The molecule has 2 N–H and O–H groups in total. The number of hydrogen-bond acceptors (Lipinski definition) is 2. The van der Waals surface area contributed by atoms with E-state index >= 15 is 0 Å². The Labute approximate surface area is 126 Å². The Morgan fingerprint density at radius 1 is 1.20 bits per heavy atom. The molecule has 2 aromatic carbocycles. The van der Waals surface area contributed by atoms with Gasteiger partial charge in [0.25, 0.3) is 0 Å². The first-order valence-corrected chi connectivity index (χ1v) is 6.97. The third-order valence-electron chi connectivity index (χ3n) is 3.43. The summed E-state index contributed by atoms with van der Waals surface area (Å²) >= 11 is 12.0. The van der Waals surface area contributed by atoms with Gasteiger partial charge in [0, 0.05) is 28.6 Å². The van der Waals surface area contributed by atoms with Gasteiger partial charge in [-0.25, -0.2) is 4.39 Å². The van der Waals surface area contributed by atoms with Gasteiger partial charge in [-0.15, -0.1) is 0 Å². The van der Waals surface area contributed by atoms with Crippen molar-refractivity contribution in [1.29, 1.82) is 0 Å². The third-order valence-corrected chi connectivity index (χ3v) is 3.99. The molecular formula is C15H12Cl2FNO. The molecule has 5 heteroatoms. The normalized spacial score (nSPS) is 21.2. The second kappa shape index (κ2) is 5.24. The Balaban J connectivity index is 2.01. The van der Waals surface area contributed by atoms with Crippen LogP contribution >= 0.6 is 23.2 Å². The van der Waals surface area contributed by atoms with Crippen molar-refractivity contribution in [3.05, 3.63) is 63.4 Å². The molecule has 2 atom stereocenters. The lowest BCUT2D eigenvalue weighted by molar-refractivity contribution is 0.157. The maximum atomic E-state index is 14.0. The van der Waals surface area contributed by atoms with Crippen molar-refractivity contribution in [2.24, 2.45) is 5.73 Å². The molecule has 0 bridgehead atoms. The highest BCUT2D eigenvalue weighted by Gasteiger charge is 2.30. The van der Waals surface area contributed by atoms with Crippen molar-refractivity contribution in [3.8, 4) is 5.75 Å². The van der Waals surface area contributed by atoms with Crippen molar-refractivity contribution in [3.63, 3.8) is 0 Å². The Morgan fingerprint density at radius 3 is 2.75 bits per heavy atom. The SMILES string of the molecule is N[C@H]1CC(c2c(F)cccc2Cl)Oc2ccc(Cl)cc21. The fourth-order valence-corrected chi connectivity index (χ4v) is 2.94. The second-order valence-electron chi connectivity index (χ2n) is 4.77. The van der Waals surface area contributed by atoms with E-state index < -0.39 is 6.10 Å². The zero-order valence-electron chi connectivity index (χ0n) is 10.4. The maximum absolute atomic E-state index is 14.0. The van der Waals surface area contributed by atoms with E-state index in [1.54, 1.807) is 30.3 Å². The van der Waals surface area contributed by atoms with Crippen LogP contribution in [0.2, 0.25) is 10.0 Å². The van der Waals surface area contributed by atoms with E-state index in [1.165, 1.54) is 6.07 Å². The van der Waals surface area contributed by atoms with Gasteiger partial charge in [-0.05, 0) is 30.3 Å². The van der Waals surface area contributed by atoms with Crippen molar-refractivity contribution < 1.29 is 9.13 Å². The lowest BCUT2D eigenvalue weighted by atomic mass is 9.93. The smallest absolute Gasteiger partial charge is 0.131 e. The summed E-state index contributed by atoms with van der Waals surface area (Å²) in [4.78, 5) is 0. The molecule has 0 saturated carbocycles. The van der Waals surface area contributed by atoms with Gasteiger partial charge in [0.15, 0.2) is 0 Å². The average molecular weight is 312 g/mol. The van der Waals surface area contributed by atoms with Gasteiger partial charge in [0.05, 0.1) is 5.02 Å². The van der Waals surface area contributed by atoms with E-state index in [0.717, 1.165) is 5.56 Å².